The molecule has 0 aliphatic heterocycles. The maximum atomic E-state index is 12.1. The average molecular weight is 376 g/mol. The van der Waals surface area contributed by atoms with Gasteiger partial charge in [0.1, 0.15) is 0 Å². The second-order valence-corrected chi connectivity index (χ2v) is 7.15. The van der Waals surface area contributed by atoms with Crippen LogP contribution in [-0.4, -0.2) is 34.9 Å². The van der Waals surface area contributed by atoms with E-state index in [1.54, 1.807) is 25.2 Å². The van der Waals surface area contributed by atoms with Crippen LogP contribution in [0.4, 0.5) is 0 Å². The van der Waals surface area contributed by atoms with E-state index in [1.807, 2.05) is 42.7 Å². The molecule has 4 nitrogen and oxygen atoms in total. The SMILES string of the molecule is CN(C)C(=O)c1ccc(-c2cncc(C3=CCc4ncc(Cl)cc43)c2)cc1. The lowest BCUT2D eigenvalue weighted by Crippen LogP contribution is -2.21. The number of hydrogen-bond acceptors (Lipinski definition) is 3. The zero-order valence-electron chi connectivity index (χ0n) is 15.1. The minimum Gasteiger partial charge on any atom is -0.345 e. The van der Waals surface area contributed by atoms with Crippen molar-refractivity contribution >= 4 is 23.1 Å². The fourth-order valence-electron chi connectivity index (χ4n) is 3.25. The number of amides is 1. The number of fused-ring (bicyclic) bond motifs is 1. The number of hydrogen-bond donors (Lipinski definition) is 0. The summed E-state index contributed by atoms with van der Waals surface area (Å²) in [5, 5.41) is 0.631. The first-order valence-electron chi connectivity index (χ1n) is 8.65. The molecule has 0 fully saturated rings. The number of carbonyl (C=O) groups is 1. The summed E-state index contributed by atoms with van der Waals surface area (Å²) in [6, 6.07) is 11.7. The molecule has 2 heterocycles. The normalized spacial score (nSPS) is 12.5. The number of rotatable bonds is 3. The van der Waals surface area contributed by atoms with Gasteiger partial charge >= 0.3 is 0 Å². The number of aromatic nitrogens is 2. The first-order chi connectivity index (χ1) is 13.0. The second kappa shape index (κ2) is 6.97. The Kier molecular flexibility index (Phi) is 4.50. The Hall–Kier alpha value is -2.98. The molecule has 3 aromatic rings. The summed E-state index contributed by atoms with van der Waals surface area (Å²) in [6.07, 6.45) is 8.33. The van der Waals surface area contributed by atoms with Gasteiger partial charge < -0.3 is 4.90 Å². The van der Waals surface area contributed by atoms with Crippen LogP contribution in [0.2, 0.25) is 5.02 Å². The Morgan fingerprint density at radius 3 is 2.48 bits per heavy atom. The van der Waals surface area contributed by atoms with Crippen LogP contribution in [0, 0.1) is 0 Å². The zero-order valence-corrected chi connectivity index (χ0v) is 15.9. The molecular weight excluding hydrogens is 358 g/mol. The largest absolute Gasteiger partial charge is 0.345 e. The topological polar surface area (TPSA) is 46.1 Å². The zero-order chi connectivity index (χ0) is 19.0. The molecular formula is C22H18ClN3O. The molecule has 2 aromatic heterocycles. The summed E-state index contributed by atoms with van der Waals surface area (Å²) in [4.78, 5) is 22.5. The molecule has 1 aromatic carbocycles. The molecule has 5 heteroatoms. The maximum absolute atomic E-state index is 12.1. The van der Waals surface area contributed by atoms with Crippen LogP contribution in [0.15, 0.2) is 61.1 Å². The first-order valence-corrected chi connectivity index (χ1v) is 9.03. The van der Waals surface area contributed by atoms with Gasteiger partial charge in [0.15, 0.2) is 0 Å². The van der Waals surface area contributed by atoms with Crippen molar-refractivity contribution in [3.05, 3.63) is 88.5 Å². The van der Waals surface area contributed by atoms with Gasteiger partial charge in [0, 0.05) is 61.4 Å². The van der Waals surface area contributed by atoms with Gasteiger partial charge in [-0.25, -0.2) is 0 Å². The predicted molar refractivity (Wildman–Crippen MR) is 108 cm³/mol. The van der Waals surface area contributed by atoms with Crippen LogP contribution >= 0.6 is 11.6 Å². The molecule has 1 aliphatic carbocycles. The monoisotopic (exact) mass is 375 g/mol. The van der Waals surface area contributed by atoms with E-state index in [1.165, 1.54) is 0 Å². The highest BCUT2D eigenvalue weighted by atomic mass is 35.5. The molecule has 0 atom stereocenters. The minimum absolute atomic E-state index is 0.00878. The summed E-state index contributed by atoms with van der Waals surface area (Å²) in [6.45, 7) is 0. The van der Waals surface area contributed by atoms with E-state index in [0.717, 1.165) is 39.9 Å². The van der Waals surface area contributed by atoms with E-state index in [0.29, 0.717) is 10.6 Å². The van der Waals surface area contributed by atoms with Crippen molar-refractivity contribution < 1.29 is 4.79 Å². The number of carbonyl (C=O) groups excluding carboxylic acids is 1. The summed E-state index contributed by atoms with van der Waals surface area (Å²) in [5.74, 6) is -0.00878. The van der Waals surface area contributed by atoms with Crippen molar-refractivity contribution in [2.45, 2.75) is 6.42 Å². The molecule has 4 rings (SSSR count). The van der Waals surface area contributed by atoms with Crippen molar-refractivity contribution in [2.75, 3.05) is 14.1 Å². The molecule has 0 saturated carbocycles. The number of halogens is 1. The highest BCUT2D eigenvalue weighted by Gasteiger charge is 2.18. The number of nitrogens with zero attached hydrogens (tertiary/aromatic N) is 3. The fourth-order valence-corrected chi connectivity index (χ4v) is 3.41. The number of pyridine rings is 2. The quantitative estimate of drug-likeness (QED) is 0.677. The third kappa shape index (κ3) is 3.36. The van der Waals surface area contributed by atoms with Crippen molar-refractivity contribution in [1.29, 1.82) is 0 Å². The van der Waals surface area contributed by atoms with Crippen molar-refractivity contribution in [2.24, 2.45) is 0 Å². The lowest BCUT2D eigenvalue weighted by Gasteiger charge is -2.11. The van der Waals surface area contributed by atoms with Crippen LogP contribution in [0.3, 0.4) is 0 Å². The summed E-state index contributed by atoms with van der Waals surface area (Å²) >= 11 is 6.13. The van der Waals surface area contributed by atoms with Gasteiger partial charge in [-0.15, -0.1) is 0 Å². The second-order valence-electron chi connectivity index (χ2n) is 6.71. The molecule has 0 radical (unpaired) electrons. The third-order valence-corrected chi connectivity index (χ3v) is 4.85. The van der Waals surface area contributed by atoms with E-state index < -0.39 is 0 Å². The van der Waals surface area contributed by atoms with Crippen LogP contribution in [0.25, 0.3) is 16.7 Å². The van der Waals surface area contributed by atoms with E-state index in [-0.39, 0.29) is 5.91 Å². The van der Waals surface area contributed by atoms with Gasteiger partial charge in [-0.3, -0.25) is 14.8 Å². The van der Waals surface area contributed by atoms with Crippen LogP contribution < -0.4 is 0 Å². The summed E-state index contributed by atoms with van der Waals surface area (Å²) in [7, 11) is 3.50. The van der Waals surface area contributed by atoms with E-state index in [2.05, 4.69) is 22.1 Å². The molecule has 0 N–H and O–H groups in total. The molecule has 134 valence electrons. The predicted octanol–water partition coefficient (Wildman–Crippen LogP) is 4.49. The van der Waals surface area contributed by atoms with Crippen LogP contribution in [-0.2, 0) is 6.42 Å². The standard InChI is InChI=1S/C22H18ClN3O/c1-26(2)22(27)15-5-3-14(4-6-15)16-9-17(12-24-11-16)19-7-8-21-20(19)10-18(23)13-25-21/h3-7,9-13H,8H2,1-2H3. The number of benzene rings is 1. The van der Waals surface area contributed by atoms with E-state index in [4.69, 9.17) is 11.6 Å². The van der Waals surface area contributed by atoms with E-state index >= 15 is 0 Å². The highest BCUT2D eigenvalue weighted by molar-refractivity contribution is 6.30. The van der Waals surface area contributed by atoms with Gasteiger partial charge in [-0.2, -0.15) is 0 Å². The van der Waals surface area contributed by atoms with E-state index in [9.17, 15) is 4.79 Å². The molecule has 0 bridgehead atoms. The molecule has 0 spiro atoms. The Morgan fingerprint density at radius 1 is 1.00 bits per heavy atom. The molecule has 1 amide bonds. The van der Waals surface area contributed by atoms with Crippen LogP contribution in [0.1, 0.15) is 27.2 Å². The van der Waals surface area contributed by atoms with Gasteiger partial charge in [0.25, 0.3) is 5.91 Å². The third-order valence-electron chi connectivity index (χ3n) is 4.65. The lowest BCUT2D eigenvalue weighted by molar-refractivity contribution is 0.0827. The van der Waals surface area contributed by atoms with Gasteiger partial charge in [0.2, 0.25) is 0 Å². The summed E-state index contributed by atoms with van der Waals surface area (Å²) < 4.78 is 0. The molecule has 0 saturated heterocycles. The maximum Gasteiger partial charge on any atom is 0.253 e. The first kappa shape index (κ1) is 17.4. The van der Waals surface area contributed by atoms with Gasteiger partial charge in [-0.1, -0.05) is 29.8 Å². The Bertz CT molecular complexity index is 1060. The Labute approximate surface area is 163 Å². The highest BCUT2D eigenvalue weighted by Crippen LogP contribution is 2.34. The molecule has 1 aliphatic rings. The Balaban J connectivity index is 1.67. The lowest BCUT2D eigenvalue weighted by atomic mass is 9.98. The van der Waals surface area contributed by atoms with Crippen molar-refractivity contribution in [1.82, 2.24) is 14.9 Å². The smallest absolute Gasteiger partial charge is 0.253 e. The molecule has 0 unspecified atom stereocenters. The van der Waals surface area contributed by atoms with Crippen molar-refractivity contribution in [3.8, 4) is 11.1 Å². The summed E-state index contributed by atoms with van der Waals surface area (Å²) in [5.41, 5.74) is 6.92. The van der Waals surface area contributed by atoms with Crippen LogP contribution in [0.5, 0.6) is 0 Å². The minimum atomic E-state index is -0.00878. The average Bonchev–Trinajstić information content (AvgIpc) is 3.10. The Morgan fingerprint density at radius 2 is 1.74 bits per heavy atom. The molecule has 27 heavy (non-hydrogen) atoms. The van der Waals surface area contributed by atoms with Crippen molar-refractivity contribution in [3.63, 3.8) is 0 Å². The van der Waals surface area contributed by atoms with Gasteiger partial charge in [-0.05, 0) is 35.4 Å². The van der Waals surface area contributed by atoms with Gasteiger partial charge in [0.05, 0.1) is 10.7 Å². The fraction of sp³-hybridized carbons (Fsp3) is 0.136. The number of allylic oxidation sites excluding steroid dienone is 1.